The molecule has 208 valence electrons. The van der Waals surface area contributed by atoms with Gasteiger partial charge in [0.2, 0.25) is 0 Å². The number of hydrogen-bond donors (Lipinski definition) is 1. The van der Waals surface area contributed by atoms with Crippen molar-refractivity contribution in [1.82, 2.24) is 19.5 Å². The predicted molar refractivity (Wildman–Crippen MR) is 158 cm³/mol. The first-order valence-corrected chi connectivity index (χ1v) is 13.6. The van der Waals surface area contributed by atoms with Gasteiger partial charge in [-0.2, -0.15) is 5.10 Å². The molecule has 0 aliphatic carbocycles. The highest BCUT2D eigenvalue weighted by atomic mass is 16.6. The summed E-state index contributed by atoms with van der Waals surface area (Å²) < 4.78 is 7.26. The monoisotopic (exact) mass is 549 g/mol. The lowest BCUT2D eigenvalue weighted by Gasteiger charge is -2.36. The lowest BCUT2D eigenvalue weighted by Crippen LogP contribution is -2.50. The molecule has 3 aromatic carbocycles. The number of piperazine rings is 1. The zero-order valence-electron chi connectivity index (χ0n) is 23.2. The van der Waals surface area contributed by atoms with Crippen molar-refractivity contribution in [3.8, 4) is 22.3 Å². The molecule has 2 aromatic heterocycles. The molecule has 6 rings (SSSR count). The maximum Gasteiger partial charge on any atom is 0.410 e. The van der Waals surface area contributed by atoms with E-state index in [0.717, 1.165) is 46.4 Å². The normalized spacial score (nSPS) is 14.0. The molecule has 0 bridgehead atoms. The van der Waals surface area contributed by atoms with Crippen LogP contribution in [0.15, 0.2) is 79.3 Å². The summed E-state index contributed by atoms with van der Waals surface area (Å²) in [6.45, 7) is 8.36. The van der Waals surface area contributed by atoms with E-state index in [-0.39, 0.29) is 11.7 Å². The second-order valence-electron chi connectivity index (χ2n) is 11.2. The molecular weight excluding hydrogens is 518 g/mol. The van der Waals surface area contributed by atoms with Gasteiger partial charge in [0.1, 0.15) is 5.60 Å². The zero-order chi connectivity index (χ0) is 28.7. The van der Waals surface area contributed by atoms with E-state index >= 15 is 0 Å². The maximum absolute atomic E-state index is 12.4. The minimum Gasteiger partial charge on any atom is -0.478 e. The van der Waals surface area contributed by atoms with Crippen LogP contribution < -0.4 is 4.90 Å². The maximum atomic E-state index is 12.4. The number of hydrogen-bond acceptors (Lipinski definition) is 6. The molecule has 1 aliphatic rings. The molecule has 0 unspecified atom stereocenters. The summed E-state index contributed by atoms with van der Waals surface area (Å²) in [6, 6.07) is 19.3. The van der Waals surface area contributed by atoms with Crippen molar-refractivity contribution in [3.05, 3.63) is 84.8 Å². The van der Waals surface area contributed by atoms with Crippen LogP contribution in [0.2, 0.25) is 0 Å². The number of rotatable bonds is 4. The first-order valence-electron chi connectivity index (χ1n) is 13.6. The number of carbonyl (C=O) groups excluding carboxylic acids is 1. The molecule has 0 spiro atoms. The fourth-order valence-electron chi connectivity index (χ4n) is 5.28. The smallest absolute Gasteiger partial charge is 0.410 e. The van der Waals surface area contributed by atoms with Gasteiger partial charge in [0.15, 0.2) is 5.65 Å². The standard InChI is InChI=1S/C32H31N5O4/c1-32(2,3)41-31(40)36-16-14-35(15-17-36)23-12-10-21(11-13-23)22-18-33-29-28(19-34-37(29)20-22)26-8-4-7-25-24(26)6-5-9-27(25)30(38)39/h4-13,18-20H,14-17H2,1-3H3,(H,38,39). The highest BCUT2D eigenvalue weighted by Gasteiger charge is 2.26. The van der Waals surface area contributed by atoms with E-state index in [4.69, 9.17) is 9.72 Å². The summed E-state index contributed by atoms with van der Waals surface area (Å²) in [5.41, 5.74) is 5.24. The number of ether oxygens (including phenoxy) is 1. The summed E-state index contributed by atoms with van der Waals surface area (Å²) in [6.07, 6.45) is 5.30. The second kappa shape index (κ2) is 10.2. The minimum absolute atomic E-state index is 0.261. The largest absolute Gasteiger partial charge is 0.478 e. The molecule has 0 saturated carbocycles. The fourth-order valence-corrected chi connectivity index (χ4v) is 5.28. The van der Waals surface area contributed by atoms with Gasteiger partial charge in [-0.05, 0) is 60.9 Å². The van der Waals surface area contributed by atoms with Gasteiger partial charge in [-0.15, -0.1) is 0 Å². The molecule has 5 aromatic rings. The first-order chi connectivity index (χ1) is 19.7. The number of amides is 1. The van der Waals surface area contributed by atoms with Crippen molar-refractivity contribution in [1.29, 1.82) is 0 Å². The van der Waals surface area contributed by atoms with E-state index in [2.05, 4.69) is 34.3 Å². The Morgan fingerprint density at radius 3 is 2.24 bits per heavy atom. The molecule has 41 heavy (non-hydrogen) atoms. The predicted octanol–water partition coefficient (Wildman–Crippen LogP) is 5.97. The van der Waals surface area contributed by atoms with Gasteiger partial charge < -0.3 is 19.6 Å². The Bertz CT molecular complexity index is 1760. The molecule has 3 heterocycles. The lowest BCUT2D eigenvalue weighted by molar-refractivity contribution is 0.0240. The quantitative estimate of drug-likeness (QED) is 0.295. The third kappa shape index (κ3) is 5.18. The second-order valence-corrected chi connectivity index (χ2v) is 11.2. The Hall–Kier alpha value is -4.92. The minimum atomic E-state index is -0.954. The molecule has 0 radical (unpaired) electrons. The van der Waals surface area contributed by atoms with E-state index in [1.807, 2.05) is 57.4 Å². The Morgan fingerprint density at radius 1 is 0.829 bits per heavy atom. The third-order valence-electron chi connectivity index (χ3n) is 7.30. The molecular formula is C32H31N5O4. The SMILES string of the molecule is CC(C)(C)OC(=O)N1CCN(c2ccc(-c3cnc4c(-c5cccc6c(C(=O)O)cccc56)cnn4c3)cc2)CC1. The van der Waals surface area contributed by atoms with Gasteiger partial charge in [-0.3, -0.25) is 0 Å². The van der Waals surface area contributed by atoms with Gasteiger partial charge >= 0.3 is 12.1 Å². The summed E-state index contributed by atoms with van der Waals surface area (Å²) >= 11 is 0. The Kier molecular flexibility index (Phi) is 6.57. The number of aromatic carboxylic acids is 1. The highest BCUT2D eigenvalue weighted by molar-refractivity contribution is 6.09. The van der Waals surface area contributed by atoms with E-state index in [1.54, 1.807) is 27.7 Å². The van der Waals surface area contributed by atoms with Crippen LogP contribution in [0.1, 0.15) is 31.1 Å². The van der Waals surface area contributed by atoms with Crippen LogP contribution in [-0.4, -0.2) is 68.4 Å². The van der Waals surface area contributed by atoms with Crippen molar-refractivity contribution in [2.75, 3.05) is 31.1 Å². The number of carboxylic acids is 1. The van der Waals surface area contributed by atoms with E-state index < -0.39 is 11.6 Å². The molecule has 9 heteroatoms. The van der Waals surface area contributed by atoms with Crippen molar-refractivity contribution in [2.24, 2.45) is 0 Å². The average molecular weight is 550 g/mol. The zero-order valence-corrected chi connectivity index (χ0v) is 23.2. The van der Waals surface area contributed by atoms with Gasteiger partial charge in [0, 0.05) is 55.4 Å². The van der Waals surface area contributed by atoms with Crippen molar-refractivity contribution in [2.45, 2.75) is 26.4 Å². The number of carboxylic acid groups (broad SMARTS) is 1. The highest BCUT2D eigenvalue weighted by Crippen LogP contribution is 2.33. The molecule has 1 aliphatic heterocycles. The molecule has 0 atom stereocenters. The molecule has 1 N–H and O–H groups in total. The lowest BCUT2D eigenvalue weighted by atomic mass is 9.97. The van der Waals surface area contributed by atoms with Crippen molar-refractivity contribution < 1.29 is 19.4 Å². The Balaban J connectivity index is 1.21. The van der Waals surface area contributed by atoms with Crippen LogP contribution in [0.3, 0.4) is 0 Å². The summed E-state index contributed by atoms with van der Waals surface area (Å²) in [4.78, 5) is 32.9. The Labute approximate surface area is 237 Å². The summed E-state index contributed by atoms with van der Waals surface area (Å²) in [7, 11) is 0. The van der Waals surface area contributed by atoms with Crippen LogP contribution in [0, 0.1) is 0 Å². The fraction of sp³-hybridized carbons (Fsp3) is 0.250. The number of benzene rings is 3. The van der Waals surface area contributed by atoms with Gasteiger partial charge in [-0.25, -0.2) is 19.1 Å². The third-order valence-corrected chi connectivity index (χ3v) is 7.30. The van der Waals surface area contributed by atoms with Crippen LogP contribution in [0.25, 0.3) is 38.7 Å². The first kappa shape index (κ1) is 26.3. The number of carbonyl (C=O) groups is 2. The van der Waals surface area contributed by atoms with Gasteiger partial charge in [0.05, 0.1) is 11.8 Å². The summed E-state index contributed by atoms with van der Waals surface area (Å²) in [5, 5.41) is 15.7. The van der Waals surface area contributed by atoms with Crippen molar-refractivity contribution in [3.63, 3.8) is 0 Å². The Morgan fingerprint density at radius 2 is 1.54 bits per heavy atom. The van der Waals surface area contributed by atoms with Crippen LogP contribution in [0.5, 0.6) is 0 Å². The number of aromatic nitrogens is 3. The van der Waals surface area contributed by atoms with E-state index in [9.17, 15) is 14.7 Å². The van der Waals surface area contributed by atoms with E-state index in [0.29, 0.717) is 24.1 Å². The van der Waals surface area contributed by atoms with Gasteiger partial charge in [-0.1, -0.05) is 42.5 Å². The van der Waals surface area contributed by atoms with Crippen LogP contribution in [0.4, 0.5) is 10.5 Å². The van der Waals surface area contributed by atoms with Crippen LogP contribution >= 0.6 is 0 Å². The number of fused-ring (bicyclic) bond motifs is 2. The molecule has 1 amide bonds. The van der Waals surface area contributed by atoms with Gasteiger partial charge in [0.25, 0.3) is 0 Å². The summed E-state index contributed by atoms with van der Waals surface area (Å²) in [5.74, 6) is -0.954. The van der Waals surface area contributed by atoms with Crippen LogP contribution in [-0.2, 0) is 4.74 Å². The topological polar surface area (TPSA) is 100 Å². The molecule has 1 fully saturated rings. The number of anilines is 1. The van der Waals surface area contributed by atoms with Crippen molar-refractivity contribution >= 4 is 34.2 Å². The molecule has 1 saturated heterocycles. The average Bonchev–Trinajstić information content (AvgIpc) is 3.39. The number of nitrogens with zero attached hydrogens (tertiary/aromatic N) is 5. The molecule has 9 nitrogen and oxygen atoms in total. The van der Waals surface area contributed by atoms with E-state index in [1.165, 1.54) is 0 Å².